The van der Waals surface area contributed by atoms with Crippen LogP contribution in [0.3, 0.4) is 0 Å². The SMILES string of the molecule is COc1nc(NN)nc(N(C)Cc2cccc(C)c2)n1. The molecule has 0 amide bonds. The van der Waals surface area contributed by atoms with Crippen LogP contribution in [0.5, 0.6) is 6.01 Å². The van der Waals surface area contributed by atoms with E-state index in [0.717, 1.165) is 0 Å². The highest BCUT2D eigenvalue weighted by Crippen LogP contribution is 2.15. The third-order valence-electron chi connectivity index (χ3n) is 2.76. The molecule has 20 heavy (non-hydrogen) atoms. The normalized spacial score (nSPS) is 10.2. The maximum atomic E-state index is 5.34. The fourth-order valence-corrected chi connectivity index (χ4v) is 1.83. The zero-order valence-corrected chi connectivity index (χ0v) is 11.8. The lowest BCUT2D eigenvalue weighted by Crippen LogP contribution is -2.21. The van der Waals surface area contributed by atoms with Crippen LogP contribution in [0.25, 0.3) is 0 Å². The Morgan fingerprint density at radius 2 is 2.10 bits per heavy atom. The number of nitrogens with two attached hydrogens (primary N) is 1. The molecule has 1 aromatic carbocycles. The summed E-state index contributed by atoms with van der Waals surface area (Å²) in [4.78, 5) is 14.3. The van der Waals surface area contributed by atoms with Crippen molar-refractivity contribution in [1.29, 1.82) is 0 Å². The van der Waals surface area contributed by atoms with E-state index in [1.54, 1.807) is 0 Å². The van der Waals surface area contributed by atoms with Crippen LogP contribution in [0.4, 0.5) is 11.9 Å². The second-order valence-corrected chi connectivity index (χ2v) is 4.44. The van der Waals surface area contributed by atoms with Crippen LogP contribution in [0.1, 0.15) is 11.1 Å². The van der Waals surface area contributed by atoms with Crippen LogP contribution in [-0.4, -0.2) is 29.1 Å². The average Bonchev–Trinajstić information content (AvgIpc) is 2.46. The van der Waals surface area contributed by atoms with Gasteiger partial charge in [-0.1, -0.05) is 29.8 Å². The number of hydrogen-bond donors (Lipinski definition) is 2. The van der Waals surface area contributed by atoms with Crippen molar-refractivity contribution in [2.75, 3.05) is 24.5 Å². The van der Waals surface area contributed by atoms with E-state index in [0.29, 0.717) is 12.5 Å². The number of aryl methyl sites for hydroxylation is 1. The van der Waals surface area contributed by atoms with Gasteiger partial charge in [0.2, 0.25) is 11.9 Å². The molecule has 0 spiro atoms. The predicted molar refractivity (Wildman–Crippen MR) is 77.5 cm³/mol. The highest BCUT2D eigenvalue weighted by Gasteiger charge is 2.10. The predicted octanol–water partition coefficient (Wildman–Crippen LogP) is 1.11. The fraction of sp³-hybridized carbons (Fsp3) is 0.308. The molecule has 0 fully saturated rings. The van der Waals surface area contributed by atoms with Gasteiger partial charge in [-0.25, -0.2) is 5.84 Å². The number of nitrogen functional groups attached to an aromatic ring is 1. The summed E-state index contributed by atoms with van der Waals surface area (Å²) in [6.07, 6.45) is 0. The molecule has 0 unspecified atom stereocenters. The lowest BCUT2D eigenvalue weighted by atomic mass is 10.1. The van der Waals surface area contributed by atoms with Gasteiger partial charge < -0.3 is 9.64 Å². The topological polar surface area (TPSA) is 89.2 Å². The summed E-state index contributed by atoms with van der Waals surface area (Å²) in [6.45, 7) is 2.74. The number of benzene rings is 1. The van der Waals surface area contributed by atoms with Crippen molar-refractivity contribution in [3.63, 3.8) is 0 Å². The standard InChI is InChI=1S/C13H18N6O/c1-9-5-4-6-10(7-9)8-19(2)12-15-11(18-14)16-13(17-12)20-3/h4-7H,8,14H2,1-3H3,(H,15,16,17,18). The number of aromatic nitrogens is 3. The third-order valence-corrected chi connectivity index (χ3v) is 2.76. The second kappa shape index (κ2) is 6.16. The smallest absolute Gasteiger partial charge is 0.322 e. The van der Waals surface area contributed by atoms with Crippen molar-refractivity contribution in [1.82, 2.24) is 15.0 Å². The molecule has 0 saturated carbocycles. The molecule has 2 rings (SSSR count). The summed E-state index contributed by atoms with van der Waals surface area (Å²) in [5.74, 6) is 6.10. The minimum absolute atomic E-state index is 0.221. The third kappa shape index (κ3) is 3.33. The molecule has 0 saturated heterocycles. The molecule has 0 aliphatic rings. The van der Waals surface area contributed by atoms with Gasteiger partial charge in [0.15, 0.2) is 0 Å². The Hall–Kier alpha value is -2.41. The molecule has 0 aliphatic carbocycles. The number of hydrazine groups is 1. The molecule has 7 heteroatoms. The minimum atomic E-state index is 0.221. The van der Waals surface area contributed by atoms with Crippen molar-refractivity contribution < 1.29 is 4.74 Å². The quantitative estimate of drug-likeness (QED) is 0.623. The first-order valence-electron chi connectivity index (χ1n) is 6.15. The molecule has 2 aromatic rings. The van der Waals surface area contributed by atoms with Crippen molar-refractivity contribution >= 4 is 11.9 Å². The second-order valence-electron chi connectivity index (χ2n) is 4.44. The molecule has 0 aliphatic heterocycles. The van der Waals surface area contributed by atoms with Crippen molar-refractivity contribution in [3.05, 3.63) is 35.4 Å². The van der Waals surface area contributed by atoms with Crippen LogP contribution < -0.4 is 20.9 Å². The maximum Gasteiger partial charge on any atom is 0.322 e. The maximum absolute atomic E-state index is 5.34. The molecule has 0 radical (unpaired) electrons. The average molecular weight is 274 g/mol. The van der Waals surface area contributed by atoms with Gasteiger partial charge in [0, 0.05) is 13.6 Å². The molecule has 7 nitrogen and oxygen atoms in total. The number of rotatable bonds is 5. The first kappa shape index (κ1) is 14.0. The molecule has 3 N–H and O–H groups in total. The van der Waals surface area contributed by atoms with Gasteiger partial charge in [0.05, 0.1) is 7.11 Å². The largest absolute Gasteiger partial charge is 0.467 e. The van der Waals surface area contributed by atoms with Gasteiger partial charge >= 0.3 is 6.01 Å². The van der Waals surface area contributed by atoms with E-state index in [1.807, 2.05) is 18.0 Å². The highest BCUT2D eigenvalue weighted by atomic mass is 16.5. The van der Waals surface area contributed by atoms with Crippen LogP contribution in [0.2, 0.25) is 0 Å². The first-order chi connectivity index (χ1) is 9.62. The number of anilines is 2. The number of nitrogens with one attached hydrogen (secondary N) is 1. The van der Waals surface area contributed by atoms with Gasteiger partial charge in [0.1, 0.15) is 0 Å². The lowest BCUT2D eigenvalue weighted by molar-refractivity contribution is 0.379. The molecular weight excluding hydrogens is 256 g/mol. The molecular formula is C13H18N6O. The summed E-state index contributed by atoms with van der Waals surface area (Å²) in [7, 11) is 3.40. The summed E-state index contributed by atoms with van der Waals surface area (Å²) in [6, 6.07) is 8.49. The lowest BCUT2D eigenvalue weighted by Gasteiger charge is -2.18. The Labute approximate surface area is 117 Å². The van der Waals surface area contributed by atoms with Gasteiger partial charge in [0.25, 0.3) is 0 Å². The molecule has 106 valence electrons. The van der Waals surface area contributed by atoms with E-state index in [9.17, 15) is 0 Å². The van der Waals surface area contributed by atoms with Crippen LogP contribution >= 0.6 is 0 Å². The Morgan fingerprint density at radius 3 is 2.75 bits per heavy atom. The molecule has 1 aromatic heterocycles. The Morgan fingerprint density at radius 1 is 1.30 bits per heavy atom. The van der Waals surface area contributed by atoms with E-state index in [4.69, 9.17) is 10.6 Å². The summed E-state index contributed by atoms with van der Waals surface area (Å²) in [5, 5.41) is 0. The highest BCUT2D eigenvalue weighted by molar-refractivity contribution is 5.38. The van der Waals surface area contributed by atoms with Crippen molar-refractivity contribution in [2.45, 2.75) is 13.5 Å². The zero-order valence-electron chi connectivity index (χ0n) is 11.8. The van der Waals surface area contributed by atoms with E-state index < -0.39 is 0 Å². The summed E-state index contributed by atoms with van der Waals surface area (Å²) < 4.78 is 5.03. The Kier molecular flexibility index (Phi) is 4.31. The van der Waals surface area contributed by atoms with Gasteiger partial charge in [-0.05, 0) is 12.5 Å². The molecule has 0 atom stereocenters. The van der Waals surface area contributed by atoms with Crippen LogP contribution in [0.15, 0.2) is 24.3 Å². The van der Waals surface area contributed by atoms with E-state index in [2.05, 4.69) is 45.5 Å². The zero-order chi connectivity index (χ0) is 14.5. The number of methoxy groups -OCH3 is 1. The van der Waals surface area contributed by atoms with Crippen molar-refractivity contribution in [2.24, 2.45) is 5.84 Å². The van der Waals surface area contributed by atoms with Gasteiger partial charge in [-0.2, -0.15) is 15.0 Å². The van der Waals surface area contributed by atoms with Gasteiger partial charge in [-0.3, -0.25) is 5.43 Å². The monoisotopic (exact) mass is 274 g/mol. The van der Waals surface area contributed by atoms with E-state index in [-0.39, 0.29) is 12.0 Å². The van der Waals surface area contributed by atoms with Crippen LogP contribution in [-0.2, 0) is 6.54 Å². The van der Waals surface area contributed by atoms with E-state index in [1.165, 1.54) is 18.2 Å². The van der Waals surface area contributed by atoms with E-state index >= 15 is 0 Å². The van der Waals surface area contributed by atoms with Crippen LogP contribution in [0, 0.1) is 6.92 Å². The molecule has 1 heterocycles. The number of ether oxygens (including phenoxy) is 1. The summed E-state index contributed by atoms with van der Waals surface area (Å²) in [5.41, 5.74) is 4.79. The Bertz CT molecular complexity index is 567. The van der Waals surface area contributed by atoms with Crippen molar-refractivity contribution in [3.8, 4) is 6.01 Å². The van der Waals surface area contributed by atoms with Gasteiger partial charge in [-0.15, -0.1) is 0 Å². The summed E-state index contributed by atoms with van der Waals surface area (Å²) >= 11 is 0. The minimum Gasteiger partial charge on any atom is -0.467 e. The fourth-order valence-electron chi connectivity index (χ4n) is 1.83. The number of hydrogen-bond acceptors (Lipinski definition) is 7. The first-order valence-corrected chi connectivity index (χ1v) is 6.15. The Balaban J connectivity index is 2.22. The molecule has 0 bridgehead atoms. The number of nitrogens with zero attached hydrogens (tertiary/aromatic N) is 4.